The van der Waals surface area contributed by atoms with Crippen molar-refractivity contribution in [3.63, 3.8) is 0 Å². The molecule has 1 fully saturated rings. The normalized spacial score (nSPS) is 20.0. The summed E-state index contributed by atoms with van der Waals surface area (Å²) in [6.45, 7) is 0.805. The lowest BCUT2D eigenvalue weighted by atomic mass is 10.1. The smallest absolute Gasteiger partial charge is 0.277 e. The second-order valence-electron chi connectivity index (χ2n) is 4.41. The minimum absolute atomic E-state index is 0.199. The summed E-state index contributed by atoms with van der Waals surface area (Å²) in [5.41, 5.74) is 0.862. The molecular weight excluding hydrogens is 266 g/mol. The highest BCUT2D eigenvalue weighted by atomic mass is 32.2. The minimum atomic E-state index is -3.67. The Labute approximate surface area is 112 Å². The molecule has 1 aromatic rings. The molecule has 104 valence electrons. The zero-order chi connectivity index (χ0) is 13.7. The van der Waals surface area contributed by atoms with Gasteiger partial charge in [-0.25, -0.2) is 0 Å². The van der Waals surface area contributed by atoms with Gasteiger partial charge in [0.2, 0.25) is 5.91 Å². The first kappa shape index (κ1) is 14.0. The standard InChI is InChI=1S/C12H17N3O3S/c16-12-11(7-4-8-13-12)15-19(17,18)14-9-10-5-2-1-3-6-10/h1-3,5-6,11,14-15H,4,7-9H2,(H,13,16)/t11-/m1/s1. The Hall–Kier alpha value is -1.44. The first-order valence-corrected chi connectivity index (χ1v) is 7.64. The maximum Gasteiger partial charge on any atom is 0.277 e. The zero-order valence-electron chi connectivity index (χ0n) is 10.4. The van der Waals surface area contributed by atoms with E-state index in [4.69, 9.17) is 0 Å². The van der Waals surface area contributed by atoms with Crippen LogP contribution in [0.5, 0.6) is 0 Å². The predicted molar refractivity (Wildman–Crippen MR) is 71.4 cm³/mol. The molecular formula is C12H17N3O3S. The fourth-order valence-corrected chi connectivity index (χ4v) is 2.93. The summed E-state index contributed by atoms with van der Waals surface area (Å²) in [6.07, 6.45) is 1.30. The Kier molecular flexibility index (Phi) is 4.52. The Morgan fingerprint density at radius 1 is 1.26 bits per heavy atom. The average Bonchev–Trinajstić information content (AvgIpc) is 2.40. The van der Waals surface area contributed by atoms with Gasteiger partial charge in [0.1, 0.15) is 6.04 Å². The molecule has 2 rings (SSSR count). The molecule has 1 aromatic carbocycles. The molecule has 0 spiro atoms. The van der Waals surface area contributed by atoms with Crippen LogP contribution in [0.3, 0.4) is 0 Å². The third kappa shape index (κ3) is 4.30. The molecule has 3 N–H and O–H groups in total. The monoisotopic (exact) mass is 283 g/mol. The lowest BCUT2D eigenvalue weighted by molar-refractivity contribution is -0.124. The summed E-state index contributed by atoms with van der Waals surface area (Å²) < 4.78 is 28.4. The number of amides is 1. The molecule has 0 unspecified atom stereocenters. The SMILES string of the molecule is O=C1NCCC[C@H]1NS(=O)(=O)NCc1ccccc1. The summed E-state index contributed by atoms with van der Waals surface area (Å²) in [6, 6.07) is 8.52. The molecule has 1 aliphatic rings. The van der Waals surface area contributed by atoms with E-state index in [0.29, 0.717) is 13.0 Å². The Balaban J connectivity index is 1.90. The number of carbonyl (C=O) groups excluding carboxylic acids is 1. The van der Waals surface area contributed by atoms with Crippen LogP contribution in [0, 0.1) is 0 Å². The van der Waals surface area contributed by atoms with E-state index >= 15 is 0 Å². The van der Waals surface area contributed by atoms with Crippen molar-refractivity contribution in [1.29, 1.82) is 0 Å². The largest absolute Gasteiger partial charge is 0.355 e. The van der Waals surface area contributed by atoms with Crippen LogP contribution in [0.15, 0.2) is 30.3 Å². The molecule has 0 aliphatic carbocycles. The third-order valence-corrected chi connectivity index (χ3v) is 4.01. The first-order chi connectivity index (χ1) is 9.07. The van der Waals surface area contributed by atoms with Gasteiger partial charge in [-0.15, -0.1) is 0 Å². The van der Waals surface area contributed by atoms with Gasteiger partial charge in [0.05, 0.1) is 0 Å². The topological polar surface area (TPSA) is 87.3 Å². The van der Waals surface area contributed by atoms with Gasteiger partial charge in [-0.05, 0) is 18.4 Å². The third-order valence-electron chi connectivity index (χ3n) is 2.89. The van der Waals surface area contributed by atoms with Gasteiger partial charge in [-0.3, -0.25) is 4.79 Å². The van der Waals surface area contributed by atoms with Crippen LogP contribution in [0.25, 0.3) is 0 Å². The number of benzene rings is 1. The van der Waals surface area contributed by atoms with Gasteiger partial charge in [0.15, 0.2) is 0 Å². The van der Waals surface area contributed by atoms with Crippen molar-refractivity contribution in [2.45, 2.75) is 25.4 Å². The van der Waals surface area contributed by atoms with E-state index in [9.17, 15) is 13.2 Å². The summed E-state index contributed by atoms with van der Waals surface area (Å²) in [4.78, 5) is 11.5. The summed E-state index contributed by atoms with van der Waals surface area (Å²) in [7, 11) is -3.67. The van der Waals surface area contributed by atoms with E-state index < -0.39 is 16.3 Å². The summed E-state index contributed by atoms with van der Waals surface area (Å²) in [5, 5.41) is 2.63. The molecule has 0 aromatic heterocycles. The quantitative estimate of drug-likeness (QED) is 0.704. The second-order valence-corrected chi connectivity index (χ2v) is 5.95. The van der Waals surface area contributed by atoms with Crippen molar-refractivity contribution in [3.8, 4) is 0 Å². The molecule has 1 amide bonds. The highest BCUT2D eigenvalue weighted by Crippen LogP contribution is 2.04. The van der Waals surface area contributed by atoms with Crippen molar-refractivity contribution in [2.24, 2.45) is 0 Å². The number of hydrogen-bond acceptors (Lipinski definition) is 3. The number of hydrogen-bond donors (Lipinski definition) is 3. The lowest BCUT2D eigenvalue weighted by Gasteiger charge is -2.22. The van der Waals surface area contributed by atoms with Crippen LogP contribution in [0.4, 0.5) is 0 Å². The zero-order valence-corrected chi connectivity index (χ0v) is 11.2. The molecule has 1 aliphatic heterocycles. The molecule has 1 atom stereocenters. The number of nitrogens with one attached hydrogen (secondary N) is 3. The van der Waals surface area contributed by atoms with Crippen molar-refractivity contribution < 1.29 is 13.2 Å². The Bertz CT molecular complexity index is 530. The molecule has 0 bridgehead atoms. The van der Waals surface area contributed by atoms with Crippen LogP contribution in [0.2, 0.25) is 0 Å². The van der Waals surface area contributed by atoms with E-state index in [-0.39, 0.29) is 12.5 Å². The van der Waals surface area contributed by atoms with Crippen LogP contribution < -0.4 is 14.8 Å². The molecule has 1 saturated heterocycles. The van der Waals surface area contributed by atoms with Crippen molar-refractivity contribution in [3.05, 3.63) is 35.9 Å². The van der Waals surface area contributed by atoms with Gasteiger partial charge in [-0.2, -0.15) is 17.9 Å². The van der Waals surface area contributed by atoms with Crippen LogP contribution in [0.1, 0.15) is 18.4 Å². The molecule has 0 saturated carbocycles. The van der Waals surface area contributed by atoms with Gasteiger partial charge in [0, 0.05) is 13.1 Å². The fraction of sp³-hybridized carbons (Fsp3) is 0.417. The van der Waals surface area contributed by atoms with E-state index in [0.717, 1.165) is 12.0 Å². The van der Waals surface area contributed by atoms with Gasteiger partial charge < -0.3 is 5.32 Å². The van der Waals surface area contributed by atoms with Crippen molar-refractivity contribution in [1.82, 2.24) is 14.8 Å². The van der Waals surface area contributed by atoms with Crippen LogP contribution in [-0.4, -0.2) is 26.9 Å². The maximum absolute atomic E-state index is 11.8. The van der Waals surface area contributed by atoms with Crippen LogP contribution >= 0.6 is 0 Å². The average molecular weight is 283 g/mol. The predicted octanol–water partition coefficient (Wildman–Crippen LogP) is -0.111. The van der Waals surface area contributed by atoms with Gasteiger partial charge >= 0.3 is 0 Å². The Morgan fingerprint density at radius 3 is 2.68 bits per heavy atom. The van der Waals surface area contributed by atoms with E-state index in [2.05, 4.69) is 14.8 Å². The first-order valence-electron chi connectivity index (χ1n) is 6.15. The van der Waals surface area contributed by atoms with Gasteiger partial charge in [0.25, 0.3) is 10.2 Å². The van der Waals surface area contributed by atoms with Crippen molar-refractivity contribution in [2.75, 3.05) is 6.54 Å². The molecule has 19 heavy (non-hydrogen) atoms. The highest BCUT2D eigenvalue weighted by molar-refractivity contribution is 7.87. The summed E-state index contributed by atoms with van der Waals surface area (Å²) in [5.74, 6) is -0.267. The molecule has 0 radical (unpaired) electrons. The van der Waals surface area contributed by atoms with Crippen LogP contribution in [-0.2, 0) is 21.5 Å². The van der Waals surface area contributed by atoms with E-state index in [1.54, 1.807) is 0 Å². The Morgan fingerprint density at radius 2 is 2.00 bits per heavy atom. The number of rotatable bonds is 5. The molecule has 6 nitrogen and oxygen atoms in total. The maximum atomic E-state index is 11.8. The molecule has 7 heteroatoms. The van der Waals surface area contributed by atoms with E-state index in [1.165, 1.54) is 0 Å². The number of piperidine rings is 1. The molecule has 1 heterocycles. The highest BCUT2D eigenvalue weighted by Gasteiger charge is 2.26. The van der Waals surface area contributed by atoms with Gasteiger partial charge in [-0.1, -0.05) is 30.3 Å². The van der Waals surface area contributed by atoms with E-state index in [1.807, 2.05) is 30.3 Å². The fourth-order valence-electron chi connectivity index (χ4n) is 1.89. The van der Waals surface area contributed by atoms with Crippen molar-refractivity contribution >= 4 is 16.1 Å². The summed E-state index contributed by atoms with van der Waals surface area (Å²) >= 11 is 0. The second kappa shape index (κ2) is 6.14. The minimum Gasteiger partial charge on any atom is -0.355 e. The lowest BCUT2D eigenvalue weighted by Crippen LogP contribution is -2.52. The number of carbonyl (C=O) groups is 1.